The van der Waals surface area contributed by atoms with Gasteiger partial charge in [0, 0.05) is 18.9 Å². The molecule has 136 valence electrons. The van der Waals surface area contributed by atoms with Gasteiger partial charge in [-0.3, -0.25) is 9.59 Å². The van der Waals surface area contributed by atoms with E-state index in [1.54, 1.807) is 12.1 Å². The molecule has 0 unspecified atom stereocenters. The zero-order valence-corrected chi connectivity index (χ0v) is 15.1. The molecule has 0 aliphatic carbocycles. The van der Waals surface area contributed by atoms with Gasteiger partial charge in [-0.1, -0.05) is 32.0 Å². The predicted octanol–water partition coefficient (Wildman–Crippen LogP) is 4.40. The first kappa shape index (κ1) is 19.3. The third kappa shape index (κ3) is 3.49. The number of para-hydroxylation sites is 1. The molecule has 0 saturated carbocycles. The molecule has 0 saturated heterocycles. The van der Waals surface area contributed by atoms with Crippen molar-refractivity contribution >= 4 is 22.5 Å². The Morgan fingerprint density at radius 3 is 2.31 bits per heavy atom. The first-order chi connectivity index (χ1) is 12.4. The number of anilines is 1. The zero-order chi connectivity index (χ0) is 19.4. The molecule has 0 fully saturated rings. The SMILES string of the molecule is CC.Cc1ccccc1NC(=O)c1cn(C)c2c(F)ccc(F)c2c1=O. The molecule has 0 bridgehead atoms. The maximum atomic E-state index is 14.0. The van der Waals surface area contributed by atoms with Gasteiger partial charge < -0.3 is 9.88 Å². The minimum Gasteiger partial charge on any atom is -0.347 e. The highest BCUT2D eigenvalue weighted by molar-refractivity contribution is 6.06. The van der Waals surface area contributed by atoms with Crippen molar-refractivity contribution in [1.82, 2.24) is 4.57 Å². The number of aromatic nitrogens is 1. The molecule has 2 aromatic carbocycles. The summed E-state index contributed by atoms with van der Waals surface area (Å²) < 4.78 is 29.2. The van der Waals surface area contributed by atoms with Crippen molar-refractivity contribution in [2.24, 2.45) is 7.05 Å². The molecule has 3 rings (SSSR count). The Bertz CT molecular complexity index is 1030. The van der Waals surface area contributed by atoms with Crippen LogP contribution in [0.5, 0.6) is 0 Å². The first-order valence-electron chi connectivity index (χ1n) is 8.24. The minimum absolute atomic E-state index is 0.174. The van der Waals surface area contributed by atoms with Crippen LogP contribution >= 0.6 is 0 Å². The Hall–Kier alpha value is -3.02. The van der Waals surface area contributed by atoms with E-state index >= 15 is 0 Å². The summed E-state index contributed by atoms with van der Waals surface area (Å²) in [7, 11) is 1.45. The monoisotopic (exact) mass is 358 g/mol. The van der Waals surface area contributed by atoms with Crippen molar-refractivity contribution in [2.45, 2.75) is 20.8 Å². The number of aryl methyl sites for hydroxylation is 2. The maximum Gasteiger partial charge on any atom is 0.261 e. The van der Waals surface area contributed by atoms with Crippen LogP contribution in [0.25, 0.3) is 10.9 Å². The van der Waals surface area contributed by atoms with Crippen molar-refractivity contribution in [1.29, 1.82) is 0 Å². The van der Waals surface area contributed by atoms with Crippen LogP contribution in [-0.4, -0.2) is 10.5 Å². The van der Waals surface area contributed by atoms with Crippen LogP contribution in [0.4, 0.5) is 14.5 Å². The van der Waals surface area contributed by atoms with E-state index in [9.17, 15) is 18.4 Å². The van der Waals surface area contributed by atoms with Gasteiger partial charge in [0.05, 0.1) is 10.9 Å². The average molecular weight is 358 g/mol. The number of nitrogens with zero attached hydrogens (tertiary/aromatic N) is 1. The molecule has 3 aromatic rings. The molecule has 0 atom stereocenters. The summed E-state index contributed by atoms with van der Waals surface area (Å²) in [6.07, 6.45) is 1.21. The van der Waals surface area contributed by atoms with E-state index in [-0.39, 0.29) is 11.1 Å². The number of carbonyl (C=O) groups is 1. The highest BCUT2D eigenvalue weighted by Gasteiger charge is 2.19. The van der Waals surface area contributed by atoms with Gasteiger partial charge in [-0.25, -0.2) is 8.78 Å². The Balaban J connectivity index is 0.00000117. The standard InChI is InChI=1S/C18H14F2N2O2.C2H6/c1-10-5-3-4-6-14(10)21-18(24)11-9-22(2)16-13(20)8-7-12(19)15(16)17(11)23;1-2/h3-9H,1-2H3,(H,21,24);1-2H3. The Labute approximate surface area is 150 Å². The molecule has 1 amide bonds. The summed E-state index contributed by atoms with van der Waals surface area (Å²) in [5, 5.41) is 2.19. The molecule has 1 aromatic heterocycles. The molecule has 1 N–H and O–H groups in total. The fraction of sp³-hybridized carbons (Fsp3) is 0.200. The van der Waals surface area contributed by atoms with Crippen molar-refractivity contribution in [3.63, 3.8) is 0 Å². The van der Waals surface area contributed by atoms with Gasteiger partial charge in [-0.15, -0.1) is 0 Å². The van der Waals surface area contributed by atoms with Crippen LogP contribution in [0.2, 0.25) is 0 Å². The van der Waals surface area contributed by atoms with E-state index in [1.165, 1.54) is 17.8 Å². The maximum absolute atomic E-state index is 14.0. The third-order valence-electron chi connectivity index (χ3n) is 3.86. The summed E-state index contributed by atoms with van der Waals surface area (Å²) in [5.74, 6) is -2.26. The zero-order valence-electron chi connectivity index (χ0n) is 15.1. The summed E-state index contributed by atoms with van der Waals surface area (Å²) >= 11 is 0. The number of pyridine rings is 1. The second-order valence-corrected chi connectivity index (χ2v) is 5.50. The van der Waals surface area contributed by atoms with Gasteiger partial charge >= 0.3 is 0 Å². The van der Waals surface area contributed by atoms with E-state index in [0.717, 1.165) is 17.7 Å². The number of hydrogen-bond donors (Lipinski definition) is 1. The Morgan fingerprint density at radius 1 is 1.04 bits per heavy atom. The fourth-order valence-electron chi connectivity index (χ4n) is 2.62. The fourth-order valence-corrected chi connectivity index (χ4v) is 2.62. The van der Waals surface area contributed by atoms with Crippen LogP contribution in [0, 0.1) is 18.6 Å². The summed E-state index contributed by atoms with van der Waals surface area (Å²) in [5.41, 5.74) is 0.0985. The van der Waals surface area contributed by atoms with Crippen LogP contribution in [0.3, 0.4) is 0 Å². The second-order valence-electron chi connectivity index (χ2n) is 5.50. The molecule has 0 radical (unpaired) electrons. The van der Waals surface area contributed by atoms with Gasteiger partial charge in [0.15, 0.2) is 0 Å². The number of amides is 1. The molecule has 4 nitrogen and oxygen atoms in total. The lowest BCUT2D eigenvalue weighted by Crippen LogP contribution is -2.24. The molecular formula is C20H20F2N2O2. The van der Waals surface area contributed by atoms with Gasteiger partial charge in [-0.05, 0) is 30.7 Å². The van der Waals surface area contributed by atoms with Crippen LogP contribution in [0.15, 0.2) is 47.4 Å². The van der Waals surface area contributed by atoms with Gasteiger partial charge in [0.1, 0.15) is 17.2 Å². The molecule has 0 spiro atoms. The van der Waals surface area contributed by atoms with Crippen molar-refractivity contribution in [2.75, 3.05) is 5.32 Å². The first-order valence-corrected chi connectivity index (χ1v) is 8.24. The normalized spacial score (nSPS) is 10.2. The summed E-state index contributed by atoms with van der Waals surface area (Å²) in [6, 6.07) is 8.89. The van der Waals surface area contributed by atoms with Gasteiger partial charge in [0.25, 0.3) is 5.91 Å². The van der Waals surface area contributed by atoms with Gasteiger partial charge in [0.2, 0.25) is 5.43 Å². The highest BCUT2D eigenvalue weighted by atomic mass is 19.1. The highest BCUT2D eigenvalue weighted by Crippen LogP contribution is 2.19. The Morgan fingerprint density at radius 2 is 1.65 bits per heavy atom. The van der Waals surface area contributed by atoms with E-state index in [4.69, 9.17) is 0 Å². The van der Waals surface area contributed by atoms with E-state index < -0.39 is 28.4 Å². The van der Waals surface area contributed by atoms with Crippen molar-refractivity contribution < 1.29 is 13.6 Å². The predicted molar refractivity (Wildman–Crippen MR) is 99.6 cm³/mol. The van der Waals surface area contributed by atoms with Gasteiger partial charge in [-0.2, -0.15) is 0 Å². The quantitative estimate of drug-likeness (QED) is 0.738. The number of nitrogens with one attached hydrogen (secondary N) is 1. The number of fused-ring (bicyclic) bond motifs is 1. The molecule has 26 heavy (non-hydrogen) atoms. The summed E-state index contributed by atoms with van der Waals surface area (Å²) in [4.78, 5) is 24.9. The number of benzene rings is 2. The number of carbonyl (C=O) groups excluding carboxylic acids is 1. The van der Waals surface area contributed by atoms with Crippen LogP contribution in [0.1, 0.15) is 29.8 Å². The van der Waals surface area contributed by atoms with E-state index in [0.29, 0.717) is 5.69 Å². The van der Waals surface area contributed by atoms with E-state index in [2.05, 4.69) is 5.32 Å². The van der Waals surface area contributed by atoms with Crippen LogP contribution < -0.4 is 10.7 Å². The lowest BCUT2D eigenvalue weighted by molar-refractivity contribution is 0.102. The average Bonchev–Trinajstić information content (AvgIpc) is 2.63. The third-order valence-corrected chi connectivity index (χ3v) is 3.86. The lowest BCUT2D eigenvalue weighted by atomic mass is 10.1. The smallest absolute Gasteiger partial charge is 0.261 e. The molecule has 6 heteroatoms. The number of halogens is 2. The minimum atomic E-state index is -0.863. The van der Waals surface area contributed by atoms with E-state index in [1.807, 2.05) is 32.9 Å². The molecule has 0 aliphatic heterocycles. The summed E-state index contributed by atoms with van der Waals surface area (Å²) in [6.45, 7) is 5.81. The van der Waals surface area contributed by atoms with Crippen molar-refractivity contribution in [3.8, 4) is 0 Å². The largest absolute Gasteiger partial charge is 0.347 e. The Kier molecular flexibility index (Phi) is 5.87. The second kappa shape index (κ2) is 7.91. The van der Waals surface area contributed by atoms with Crippen molar-refractivity contribution in [3.05, 3.63) is 75.6 Å². The topological polar surface area (TPSA) is 51.1 Å². The number of hydrogen-bond acceptors (Lipinski definition) is 2. The molecular weight excluding hydrogens is 338 g/mol. The number of rotatable bonds is 2. The molecule has 1 heterocycles. The lowest BCUT2D eigenvalue weighted by Gasteiger charge is -2.11. The molecule has 0 aliphatic rings. The van der Waals surface area contributed by atoms with Crippen LogP contribution in [-0.2, 0) is 7.05 Å².